The Morgan fingerprint density at radius 2 is 1.49 bits per heavy atom. The highest BCUT2D eigenvalue weighted by atomic mass is 79.9. The van der Waals surface area contributed by atoms with Gasteiger partial charge in [0.05, 0.1) is 15.5 Å². The van der Waals surface area contributed by atoms with E-state index >= 15 is 0 Å². The number of benzene rings is 2. The molecule has 0 fully saturated rings. The van der Waals surface area contributed by atoms with Crippen LogP contribution in [0.2, 0.25) is 0 Å². The number of amides is 1. The third kappa shape index (κ3) is 5.57. The highest BCUT2D eigenvalue weighted by Crippen LogP contribution is 2.54. The molecule has 0 heterocycles. The smallest absolute Gasteiger partial charge is 0.320 e. The van der Waals surface area contributed by atoms with E-state index in [9.17, 15) is 63.0 Å². The standard InChI is InChI=1S/C17H7BrF10N2O4S/c18-10-5-8(14(19,15(20,21)22)16(23,24)25)6-11(35(34)17(26,27)28)12(10)29-13(31)7-2-1-3-9(4-7)30(32)33/h1-6H,(H,29,31). The molecule has 1 atom stereocenters. The first kappa shape index (κ1) is 28.5. The van der Waals surface area contributed by atoms with Crippen LogP contribution in [0, 0.1) is 10.1 Å². The Morgan fingerprint density at radius 1 is 0.943 bits per heavy atom. The normalized spacial score (nSPS) is 13.9. The summed E-state index contributed by atoms with van der Waals surface area (Å²) in [5.41, 5.74) is -16.8. The summed E-state index contributed by atoms with van der Waals surface area (Å²) in [5, 5.41) is 12.5. The van der Waals surface area contributed by atoms with E-state index in [4.69, 9.17) is 0 Å². The molecule has 18 heteroatoms. The van der Waals surface area contributed by atoms with Gasteiger partial charge in [0.1, 0.15) is 0 Å². The molecule has 6 nitrogen and oxygen atoms in total. The molecular weight excluding hydrogens is 598 g/mol. The topological polar surface area (TPSA) is 89.3 Å². The Hall–Kier alpha value is -2.76. The number of non-ortho nitro benzene ring substituents is 1. The van der Waals surface area contributed by atoms with Gasteiger partial charge in [-0.3, -0.25) is 14.9 Å². The zero-order valence-corrected chi connectivity index (χ0v) is 18.5. The molecule has 2 rings (SSSR count). The molecule has 0 radical (unpaired) electrons. The third-order valence-electron chi connectivity index (χ3n) is 4.20. The molecule has 1 unspecified atom stereocenters. The van der Waals surface area contributed by atoms with Gasteiger partial charge in [-0.05, 0) is 34.1 Å². The summed E-state index contributed by atoms with van der Waals surface area (Å²) < 4.78 is 143. The molecule has 1 N–H and O–H groups in total. The van der Waals surface area contributed by atoms with Crippen molar-refractivity contribution in [3.8, 4) is 0 Å². The van der Waals surface area contributed by atoms with Crippen LogP contribution in [0.15, 0.2) is 45.8 Å². The molecule has 35 heavy (non-hydrogen) atoms. The number of halogens is 11. The SMILES string of the molecule is O=C(Nc1c(Br)cc(C(F)(C(F)(F)F)C(F)(F)F)cc1S(=O)C(F)(F)F)c1cccc([N+](=O)[O-])c1. The molecule has 0 saturated carbocycles. The number of carbonyl (C=O) groups is 1. The Labute approximate surface area is 198 Å². The minimum Gasteiger partial charge on any atom is -0.320 e. The van der Waals surface area contributed by atoms with Crippen LogP contribution in [0.1, 0.15) is 15.9 Å². The zero-order chi connectivity index (χ0) is 27.1. The highest BCUT2D eigenvalue weighted by molar-refractivity contribution is 9.10. The van der Waals surface area contributed by atoms with Crippen LogP contribution in [0.25, 0.3) is 0 Å². The van der Waals surface area contributed by atoms with Gasteiger partial charge in [0.15, 0.2) is 10.8 Å². The number of hydrogen-bond donors (Lipinski definition) is 1. The second kappa shape index (κ2) is 9.36. The number of anilines is 1. The van der Waals surface area contributed by atoms with Gasteiger partial charge < -0.3 is 5.32 Å². The third-order valence-corrected chi connectivity index (χ3v) is 5.97. The lowest BCUT2D eigenvalue weighted by molar-refractivity contribution is -0.384. The Balaban J connectivity index is 2.76. The van der Waals surface area contributed by atoms with Gasteiger partial charge in [0.25, 0.3) is 11.6 Å². The van der Waals surface area contributed by atoms with Gasteiger partial charge in [-0.25, -0.2) is 8.60 Å². The number of alkyl halides is 10. The fourth-order valence-corrected chi connectivity index (χ4v) is 4.13. The van der Waals surface area contributed by atoms with E-state index in [1.807, 2.05) is 0 Å². The minimum atomic E-state index is -6.70. The molecule has 2 aromatic rings. The lowest BCUT2D eigenvalue weighted by Crippen LogP contribution is -2.50. The van der Waals surface area contributed by atoms with E-state index in [2.05, 4.69) is 15.9 Å². The molecule has 192 valence electrons. The number of carbonyl (C=O) groups excluding carboxylic acids is 1. The first-order valence-electron chi connectivity index (χ1n) is 8.42. The van der Waals surface area contributed by atoms with Gasteiger partial charge in [-0.2, -0.15) is 39.5 Å². The summed E-state index contributed by atoms with van der Waals surface area (Å²) in [5.74, 6) is -1.42. The Kier molecular flexibility index (Phi) is 7.62. The van der Waals surface area contributed by atoms with Crippen LogP contribution in [-0.4, -0.2) is 32.9 Å². The summed E-state index contributed by atoms with van der Waals surface area (Å²) in [6.45, 7) is 0. The molecule has 0 aliphatic rings. The number of nitro groups is 1. The molecule has 0 saturated heterocycles. The Morgan fingerprint density at radius 3 is 1.94 bits per heavy atom. The van der Waals surface area contributed by atoms with Crippen molar-refractivity contribution in [2.75, 3.05) is 5.32 Å². The number of nitro benzene ring substituents is 1. The van der Waals surface area contributed by atoms with Gasteiger partial charge in [-0.1, -0.05) is 6.07 Å². The molecule has 1 amide bonds. The van der Waals surface area contributed by atoms with Crippen LogP contribution in [0.3, 0.4) is 0 Å². The number of rotatable bonds is 5. The van der Waals surface area contributed by atoms with Crippen molar-refractivity contribution < 1.29 is 57.8 Å². The predicted molar refractivity (Wildman–Crippen MR) is 103 cm³/mol. The second-order valence-corrected chi connectivity index (χ2v) is 8.76. The lowest BCUT2D eigenvalue weighted by Gasteiger charge is -2.31. The van der Waals surface area contributed by atoms with E-state index in [0.717, 1.165) is 18.2 Å². The van der Waals surface area contributed by atoms with Crippen molar-refractivity contribution in [3.05, 3.63) is 62.1 Å². The maximum absolute atomic E-state index is 14.4. The zero-order valence-electron chi connectivity index (χ0n) is 16.1. The van der Waals surface area contributed by atoms with Crippen molar-refractivity contribution in [1.29, 1.82) is 0 Å². The fraction of sp³-hybridized carbons (Fsp3) is 0.235. The first-order chi connectivity index (χ1) is 15.7. The van der Waals surface area contributed by atoms with E-state index in [-0.39, 0.29) is 6.07 Å². The predicted octanol–water partition coefficient (Wildman–Crippen LogP) is 6.53. The maximum Gasteiger partial charge on any atom is 0.475 e. The van der Waals surface area contributed by atoms with Crippen molar-refractivity contribution in [2.24, 2.45) is 0 Å². The number of nitrogens with one attached hydrogen (secondary N) is 1. The minimum absolute atomic E-state index is 0.193. The van der Waals surface area contributed by atoms with Crippen LogP contribution in [0.4, 0.5) is 55.3 Å². The van der Waals surface area contributed by atoms with E-state index in [1.165, 1.54) is 0 Å². The van der Waals surface area contributed by atoms with Gasteiger partial charge in [-0.15, -0.1) is 0 Å². The summed E-state index contributed by atoms with van der Waals surface area (Å²) >= 11 is 2.37. The largest absolute Gasteiger partial charge is 0.475 e. The second-order valence-electron chi connectivity index (χ2n) is 6.46. The Bertz CT molecular complexity index is 1180. The van der Waals surface area contributed by atoms with E-state index in [1.54, 1.807) is 5.32 Å². The lowest BCUT2D eigenvalue weighted by atomic mass is 9.94. The maximum atomic E-state index is 14.4. The average molecular weight is 605 g/mol. The van der Waals surface area contributed by atoms with Gasteiger partial charge in [0.2, 0.25) is 0 Å². The van der Waals surface area contributed by atoms with E-state index < -0.39 is 83.1 Å². The molecule has 0 bridgehead atoms. The van der Waals surface area contributed by atoms with Crippen molar-refractivity contribution in [2.45, 2.75) is 28.4 Å². The molecule has 0 aromatic heterocycles. The van der Waals surface area contributed by atoms with Crippen LogP contribution >= 0.6 is 15.9 Å². The van der Waals surface area contributed by atoms with Gasteiger partial charge >= 0.3 is 23.5 Å². The summed E-state index contributed by atoms with van der Waals surface area (Å²) in [7, 11) is -4.36. The van der Waals surface area contributed by atoms with Gasteiger partial charge in [0, 0.05) is 27.7 Å². The van der Waals surface area contributed by atoms with Crippen molar-refractivity contribution in [1.82, 2.24) is 0 Å². The first-order valence-corrected chi connectivity index (χ1v) is 10.4. The molecule has 2 aromatic carbocycles. The van der Waals surface area contributed by atoms with Crippen LogP contribution in [0.5, 0.6) is 0 Å². The van der Waals surface area contributed by atoms with Crippen molar-refractivity contribution >= 4 is 44.0 Å². The molecule has 0 aliphatic heterocycles. The number of hydrogen-bond acceptors (Lipinski definition) is 4. The molecular formula is C17H7BrF10N2O4S. The quantitative estimate of drug-likeness (QED) is 0.239. The fourth-order valence-electron chi connectivity index (χ4n) is 2.61. The monoisotopic (exact) mass is 604 g/mol. The number of nitrogens with zero attached hydrogens (tertiary/aromatic N) is 1. The van der Waals surface area contributed by atoms with Crippen molar-refractivity contribution in [3.63, 3.8) is 0 Å². The van der Waals surface area contributed by atoms with E-state index in [0.29, 0.717) is 6.07 Å². The molecule has 0 aliphatic carbocycles. The summed E-state index contributed by atoms with van der Waals surface area (Å²) in [4.78, 5) is 20.4. The highest BCUT2D eigenvalue weighted by Gasteiger charge is 2.73. The summed E-state index contributed by atoms with van der Waals surface area (Å²) in [6, 6.07) is 2.73. The average Bonchev–Trinajstić information content (AvgIpc) is 2.71. The van der Waals surface area contributed by atoms with Crippen LogP contribution < -0.4 is 5.32 Å². The summed E-state index contributed by atoms with van der Waals surface area (Å²) in [6.07, 6.45) is -13.4. The molecule has 0 spiro atoms. The van der Waals surface area contributed by atoms with Crippen LogP contribution in [-0.2, 0) is 16.5 Å².